The minimum Gasteiger partial charge on any atom is -0.371 e. The Labute approximate surface area is 134 Å². The number of hydrogen-bond acceptors (Lipinski definition) is 4. The fourth-order valence-corrected chi connectivity index (χ4v) is 3.54. The van der Waals surface area contributed by atoms with E-state index in [1.54, 1.807) is 11.3 Å². The van der Waals surface area contributed by atoms with Crippen molar-refractivity contribution in [2.45, 2.75) is 79.5 Å². The Morgan fingerprint density at radius 1 is 1.19 bits per heavy atom. The Balaban J connectivity index is 3.02. The number of nitrogens with one attached hydrogen (secondary N) is 1. The van der Waals surface area contributed by atoms with Gasteiger partial charge in [-0.05, 0) is 39.5 Å². The van der Waals surface area contributed by atoms with Crippen molar-refractivity contribution in [3.63, 3.8) is 0 Å². The van der Waals surface area contributed by atoms with Crippen LogP contribution < -0.4 is 5.32 Å². The Hall–Kier alpha value is -0.450. The normalized spacial score (nSPS) is 14.2. The van der Waals surface area contributed by atoms with Crippen molar-refractivity contribution in [3.05, 3.63) is 15.6 Å². The molecule has 1 aromatic heterocycles. The molecule has 0 aliphatic rings. The number of thiazole rings is 1. The molecule has 0 fully saturated rings. The fourth-order valence-electron chi connectivity index (χ4n) is 2.16. The first-order valence-corrected chi connectivity index (χ1v) is 8.83. The first kappa shape index (κ1) is 18.6. The van der Waals surface area contributed by atoms with Crippen LogP contribution in [0.25, 0.3) is 0 Å². The van der Waals surface area contributed by atoms with Crippen LogP contribution in [-0.2, 0) is 11.3 Å². The van der Waals surface area contributed by atoms with Crippen molar-refractivity contribution >= 4 is 11.3 Å². The maximum Gasteiger partial charge on any atom is 0.122 e. The third-order valence-corrected chi connectivity index (χ3v) is 4.40. The molecule has 1 N–H and O–H groups in total. The van der Waals surface area contributed by atoms with Crippen molar-refractivity contribution in [1.82, 2.24) is 10.3 Å². The van der Waals surface area contributed by atoms with E-state index in [1.165, 1.54) is 10.6 Å². The third-order valence-electron chi connectivity index (χ3n) is 3.27. The zero-order valence-corrected chi connectivity index (χ0v) is 15.7. The van der Waals surface area contributed by atoms with Crippen LogP contribution in [0.5, 0.6) is 0 Å². The fraction of sp³-hybridized carbons (Fsp3) is 0.824. The quantitative estimate of drug-likeness (QED) is 0.778. The van der Waals surface area contributed by atoms with Gasteiger partial charge < -0.3 is 10.1 Å². The molecular formula is C17H32N2OS. The van der Waals surface area contributed by atoms with E-state index in [0.29, 0.717) is 11.8 Å². The number of rotatable bonds is 7. The second-order valence-corrected chi connectivity index (χ2v) is 8.35. The summed E-state index contributed by atoms with van der Waals surface area (Å²) in [5.41, 5.74) is 1.34. The van der Waals surface area contributed by atoms with Crippen LogP contribution in [0.1, 0.15) is 83.0 Å². The first-order valence-electron chi connectivity index (χ1n) is 8.01. The van der Waals surface area contributed by atoms with Crippen molar-refractivity contribution in [3.8, 4) is 0 Å². The third kappa shape index (κ3) is 5.68. The lowest BCUT2D eigenvalue weighted by Crippen LogP contribution is -2.35. The molecule has 1 rings (SSSR count). The SMILES string of the molecule is CCOC(c1nc(C(C)C)c(CNC(C)(C)C)s1)C(C)C. The summed E-state index contributed by atoms with van der Waals surface area (Å²) in [5.74, 6) is 0.890. The molecule has 1 atom stereocenters. The second-order valence-electron chi connectivity index (χ2n) is 7.24. The van der Waals surface area contributed by atoms with Crippen LogP contribution in [0, 0.1) is 5.92 Å². The van der Waals surface area contributed by atoms with Gasteiger partial charge in [0.15, 0.2) is 0 Å². The first-order chi connectivity index (χ1) is 9.65. The van der Waals surface area contributed by atoms with E-state index in [9.17, 15) is 0 Å². The molecule has 0 amide bonds. The van der Waals surface area contributed by atoms with Crippen LogP contribution in [-0.4, -0.2) is 17.1 Å². The maximum atomic E-state index is 5.91. The molecule has 122 valence electrons. The molecule has 0 radical (unpaired) electrons. The number of nitrogens with zero attached hydrogens (tertiary/aromatic N) is 1. The van der Waals surface area contributed by atoms with Crippen molar-refractivity contribution in [1.29, 1.82) is 0 Å². The van der Waals surface area contributed by atoms with Gasteiger partial charge in [-0.1, -0.05) is 27.7 Å². The second kappa shape index (κ2) is 7.70. The molecule has 0 saturated heterocycles. The lowest BCUT2D eigenvalue weighted by atomic mass is 10.1. The number of hydrogen-bond donors (Lipinski definition) is 1. The Bertz CT molecular complexity index is 432. The molecule has 3 nitrogen and oxygen atoms in total. The van der Waals surface area contributed by atoms with Gasteiger partial charge in [-0.3, -0.25) is 0 Å². The van der Waals surface area contributed by atoms with E-state index in [1.807, 2.05) is 0 Å². The molecular weight excluding hydrogens is 280 g/mol. The largest absolute Gasteiger partial charge is 0.371 e. The molecule has 21 heavy (non-hydrogen) atoms. The van der Waals surface area contributed by atoms with E-state index in [0.717, 1.165) is 18.2 Å². The van der Waals surface area contributed by atoms with Crippen LogP contribution >= 0.6 is 11.3 Å². The van der Waals surface area contributed by atoms with E-state index in [-0.39, 0.29) is 11.6 Å². The highest BCUT2D eigenvalue weighted by molar-refractivity contribution is 7.11. The highest BCUT2D eigenvalue weighted by Gasteiger charge is 2.24. The minimum atomic E-state index is 0.112. The Morgan fingerprint density at radius 2 is 1.81 bits per heavy atom. The van der Waals surface area contributed by atoms with Gasteiger partial charge in [0.2, 0.25) is 0 Å². The van der Waals surface area contributed by atoms with Gasteiger partial charge in [-0.15, -0.1) is 11.3 Å². The summed E-state index contributed by atoms with van der Waals surface area (Å²) in [5, 5.41) is 4.70. The molecule has 0 aliphatic carbocycles. The van der Waals surface area contributed by atoms with Crippen molar-refractivity contribution in [2.75, 3.05) is 6.61 Å². The zero-order valence-electron chi connectivity index (χ0n) is 14.9. The summed E-state index contributed by atoms with van der Waals surface area (Å²) < 4.78 is 5.91. The topological polar surface area (TPSA) is 34.1 Å². The molecule has 1 heterocycles. The van der Waals surface area contributed by atoms with Crippen LogP contribution in [0.3, 0.4) is 0 Å². The summed E-state index contributed by atoms with van der Waals surface area (Å²) in [6.45, 7) is 19.1. The predicted molar refractivity (Wildman–Crippen MR) is 92.0 cm³/mol. The predicted octanol–water partition coefficient (Wildman–Crippen LogP) is 4.89. The molecule has 0 bridgehead atoms. The highest BCUT2D eigenvalue weighted by atomic mass is 32.1. The molecule has 1 unspecified atom stereocenters. The van der Waals surface area contributed by atoms with Gasteiger partial charge >= 0.3 is 0 Å². The molecule has 1 aromatic rings. The van der Waals surface area contributed by atoms with E-state index in [2.05, 4.69) is 60.7 Å². The maximum absolute atomic E-state index is 5.91. The van der Waals surface area contributed by atoms with Gasteiger partial charge in [0.1, 0.15) is 11.1 Å². The molecule has 0 spiro atoms. The van der Waals surface area contributed by atoms with Crippen LogP contribution in [0.4, 0.5) is 0 Å². The van der Waals surface area contributed by atoms with E-state index < -0.39 is 0 Å². The van der Waals surface area contributed by atoms with Crippen molar-refractivity contribution < 1.29 is 4.74 Å². The van der Waals surface area contributed by atoms with Crippen LogP contribution in [0.2, 0.25) is 0 Å². The lowest BCUT2D eigenvalue weighted by molar-refractivity contribution is 0.0292. The molecule has 0 aromatic carbocycles. The molecule has 4 heteroatoms. The summed E-state index contributed by atoms with van der Waals surface area (Å²) in [6.07, 6.45) is 0.112. The summed E-state index contributed by atoms with van der Waals surface area (Å²) in [7, 11) is 0. The molecule has 0 aliphatic heterocycles. The average molecular weight is 313 g/mol. The zero-order chi connectivity index (χ0) is 16.2. The minimum absolute atomic E-state index is 0.112. The summed E-state index contributed by atoms with van der Waals surface area (Å²) in [4.78, 5) is 6.25. The van der Waals surface area contributed by atoms with Crippen molar-refractivity contribution in [2.24, 2.45) is 5.92 Å². The standard InChI is InChI=1S/C17H32N2OS/c1-9-20-15(12(4)5)16-19-14(11(2)3)13(21-16)10-18-17(6,7)8/h11-12,15,18H,9-10H2,1-8H3. The van der Waals surface area contributed by atoms with E-state index >= 15 is 0 Å². The molecule has 0 saturated carbocycles. The monoisotopic (exact) mass is 312 g/mol. The summed E-state index contributed by atoms with van der Waals surface area (Å²) >= 11 is 1.81. The Morgan fingerprint density at radius 3 is 2.24 bits per heavy atom. The van der Waals surface area contributed by atoms with Gasteiger partial charge in [0, 0.05) is 23.6 Å². The number of aromatic nitrogens is 1. The van der Waals surface area contributed by atoms with E-state index in [4.69, 9.17) is 9.72 Å². The smallest absolute Gasteiger partial charge is 0.122 e. The average Bonchev–Trinajstić information content (AvgIpc) is 2.76. The Kier molecular flexibility index (Phi) is 6.82. The summed E-state index contributed by atoms with van der Waals surface area (Å²) in [6, 6.07) is 0. The van der Waals surface area contributed by atoms with Gasteiger partial charge in [-0.25, -0.2) is 4.98 Å². The van der Waals surface area contributed by atoms with Gasteiger partial charge in [0.25, 0.3) is 0 Å². The van der Waals surface area contributed by atoms with Crippen LogP contribution in [0.15, 0.2) is 0 Å². The lowest BCUT2D eigenvalue weighted by Gasteiger charge is -2.20. The van der Waals surface area contributed by atoms with Gasteiger partial charge in [-0.2, -0.15) is 0 Å². The van der Waals surface area contributed by atoms with Gasteiger partial charge in [0.05, 0.1) is 5.69 Å². The number of ether oxygens (including phenoxy) is 1. The highest BCUT2D eigenvalue weighted by Crippen LogP contribution is 2.34.